The molecule has 2 aromatic heterocycles. The Morgan fingerprint density at radius 1 is 1.24 bits per heavy atom. The highest BCUT2D eigenvalue weighted by molar-refractivity contribution is 5.97. The minimum Gasteiger partial charge on any atom is -0.393 e. The zero-order valence-corrected chi connectivity index (χ0v) is 16.5. The molecule has 2 heterocycles. The summed E-state index contributed by atoms with van der Waals surface area (Å²) in [5, 5.41) is 21.0. The van der Waals surface area contributed by atoms with E-state index in [1.807, 2.05) is 23.9 Å². The maximum atomic E-state index is 12.5. The third-order valence-electron chi connectivity index (χ3n) is 5.34. The summed E-state index contributed by atoms with van der Waals surface area (Å²) in [4.78, 5) is 21.5. The number of fused-ring (bicyclic) bond motifs is 1. The van der Waals surface area contributed by atoms with Crippen molar-refractivity contribution < 1.29 is 9.90 Å². The summed E-state index contributed by atoms with van der Waals surface area (Å²) in [6.45, 7) is 3.25. The van der Waals surface area contributed by atoms with Gasteiger partial charge in [0.05, 0.1) is 17.8 Å². The second-order valence-corrected chi connectivity index (χ2v) is 7.50. The fourth-order valence-corrected chi connectivity index (χ4v) is 3.59. The SMILES string of the molecule is CCn1cc(CNC(=O)c2ccc3cnc(N[C@H]4CC[C@H](O)CC4)nc3c2)cn1. The molecule has 0 radical (unpaired) electrons. The summed E-state index contributed by atoms with van der Waals surface area (Å²) in [5.41, 5.74) is 2.25. The summed E-state index contributed by atoms with van der Waals surface area (Å²) >= 11 is 0. The van der Waals surface area contributed by atoms with Crippen LogP contribution in [0.4, 0.5) is 5.95 Å². The number of rotatable bonds is 6. The zero-order chi connectivity index (χ0) is 20.2. The van der Waals surface area contributed by atoms with E-state index in [0.717, 1.165) is 48.7 Å². The summed E-state index contributed by atoms with van der Waals surface area (Å²) in [7, 11) is 0. The van der Waals surface area contributed by atoms with Crippen molar-refractivity contribution in [2.45, 2.75) is 57.8 Å². The van der Waals surface area contributed by atoms with Crippen LogP contribution in [0, 0.1) is 0 Å². The van der Waals surface area contributed by atoms with Crippen molar-refractivity contribution in [1.29, 1.82) is 0 Å². The molecule has 29 heavy (non-hydrogen) atoms. The average molecular weight is 394 g/mol. The van der Waals surface area contributed by atoms with Crippen LogP contribution in [0.15, 0.2) is 36.8 Å². The summed E-state index contributed by atoms with van der Waals surface area (Å²) in [5.74, 6) is 0.411. The molecule has 1 saturated carbocycles. The molecular formula is C21H26N6O2. The first-order valence-corrected chi connectivity index (χ1v) is 10.1. The molecule has 0 aliphatic heterocycles. The van der Waals surface area contributed by atoms with Crippen molar-refractivity contribution in [1.82, 2.24) is 25.1 Å². The van der Waals surface area contributed by atoms with E-state index in [1.165, 1.54) is 0 Å². The number of carbonyl (C=O) groups is 1. The number of hydrogen-bond donors (Lipinski definition) is 3. The highest BCUT2D eigenvalue weighted by Crippen LogP contribution is 2.22. The Bertz CT molecular complexity index is 994. The van der Waals surface area contributed by atoms with Crippen molar-refractivity contribution >= 4 is 22.8 Å². The third kappa shape index (κ3) is 4.71. The van der Waals surface area contributed by atoms with Crippen LogP contribution >= 0.6 is 0 Å². The highest BCUT2D eigenvalue weighted by atomic mass is 16.3. The fourth-order valence-electron chi connectivity index (χ4n) is 3.59. The second-order valence-electron chi connectivity index (χ2n) is 7.50. The minimum atomic E-state index is -0.192. The van der Waals surface area contributed by atoms with E-state index in [4.69, 9.17) is 0 Å². The molecule has 1 aromatic carbocycles. The van der Waals surface area contributed by atoms with Gasteiger partial charge in [0.1, 0.15) is 0 Å². The Labute approximate surface area is 169 Å². The molecule has 1 aliphatic carbocycles. The van der Waals surface area contributed by atoms with Crippen LogP contribution in [0.25, 0.3) is 10.9 Å². The molecule has 8 heteroatoms. The summed E-state index contributed by atoms with van der Waals surface area (Å²) in [6, 6.07) is 5.70. The highest BCUT2D eigenvalue weighted by Gasteiger charge is 2.20. The lowest BCUT2D eigenvalue weighted by Crippen LogP contribution is -2.28. The van der Waals surface area contributed by atoms with E-state index in [9.17, 15) is 9.90 Å². The lowest BCUT2D eigenvalue weighted by atomic mass is 9.93. The maximum Gasteiger partial charge on any atom is 0.251 e. The number of aryl methyl sites for hydroxylation is 1. The monoisotopic (exact) mass is 394 g/mol. The lowest BCUT2D eigenvalue weighted by Gasteiger charge is -2.26. The zero-order valence-electron chi connectivity index (χ0n) is 16.5. The molecule has 1 amide bonds. The van der Waals surface area contributed by atoms with Crippen LogP contribution in [-0.2, 0) is 13.1 Å². The van der Waals surface area contributed by atoms with Gasteiger partial charge in [0.15, 0.2) is 0 Å². The number of carbonyl (C=O) groups excluding carboxylic acids is 1. The molecule has 3 N–H and O–H groups in total. The number of aromatic nitrogens is 4. The Hall–Kier alpha value is -3.00. The van der Waals surface area contributed by atoms with Gasteiger partial charge in [0.2, 0.25) is 5.95 Å². The van der Waals surface area contributed by atoms with Crippen molar-refractivity contribution in [3.63, 3.8) is 0 Å². The number of hydrogen-bond acceptors (Lipinski definition) is 6. The van der Waals surface area contributed by atoms with E-state index in [-0.39, 0.29) is 18.1 Å². The van der Waals surface area contributed by atoms with E-state index in [2.05, 4.69) is 25.7 Å². The van der Waals surface area contributed by atoms with Crippen molar-refractivity contribution in [3.8, 4) is 0 Å². The van der Waals surface area contributed by atoms with Gasteiger partial charge in [-0.1, -0.05) is 6.07 Å². The lowest BCUT2D eigenvalue weighted by molar-refractivity contribution is 0.0951. The number of nitrogens with zero attached hydrogens (tertiary/aromatic N) is 4. The molecule has 8 nitrogen and oxygen atoms in total. The number of benzene rings is 1. The standard InChI is InChI=1S/C21H26N6O2/c1-2-27-13-14(11-24-27)10-22-20(29)15-3-4-16-12-23-21(26-19(16)9-15)25-17-5-7-18(28)8-6-17/h3-4,9,11-13,17-18,28H,2,5-8,10H2,1H3,(H,22,29)(H,23,25,26)/t17-,18-. The molecule has 4 rings (SSSR count). The molecule has 0 spiro atoms. The first-order chi connectivity index (χ1) is 14.1. The topological polar surface area (TPSA) is 105 Å². The Morgan fingerprint density at radius 2 is 2.07 bits per heavy atom. The quantitative estimate of drug-likeness (QED) is 0.593. The van der Waals surface area contributed by atoms with Crippen LogP contribution < -0.4 is 10.6 Å². The normalized spacial score (nSPS) is 19.2. The van der Waals surface area contributed by atoms with E-state index in [1.54, 1.807) is 24.5 Å². The van der Waals surface area contributed by atoms with Crippen LogP contribution in [0.3, 0.4) is 0 Å². The smallest absolute Gasteiger partial charge is 0.251 e. The Kier molecular flexibility index (Phi) is 5.71. The van der Waals surface area contributed by atoms with Gasteiger partial charge in [-0.3, -0.25) is 9.48 Å². The molecule has 1 aliphatic rings. The second kappa shape index (κ2) is 8.57. The molecular weight excluding hydrogens is 368 g/mol. The van der Waals surface area contributed by atoms with Gasteiger partial charge in [0.25, 0.3) is 5.91 Å². The van der Waals surface area contributed by atoms with E-state index >= 15 is 0 Å². The number of amides is 1. The van der Waals surface area contributed by atoms with Gasteiger partial charge in [-0.25, -0.2) is 9.97 Å². The predicted octanol–water partition coefficient (Wildman–Crippen LogP) is 2.49. The number of aliphatic hydroxyl groups is 1. The molecule has 3 aromatic rings. The van der Waals surface area contributed by atoms with Crippen LogP contribution in [0.1, 0.15) is 48.5 Å². The van der Waals surface area contributed by atoms with E-state index in [0.29, 0.717) is 18.1 Å². The van der Waals surface area contributed by atoms with E-state index < -0.39 is 0 Å². The third-order valence-corrected chi connectivity index (χ3v) is 5.34. The van der Waals surface area contributed by atoms with Gasteiger partial charge < -0.3 is 15.7 Å². The van der Waals surface area contributed by atoms with Gasteiger partial charge in [-0.05, 0) is 44.7 Å². The molecule has 0 saturated heterocycles. The van der Waals surface area contributed by atoms with Gasteiger partial charge in [-0.2, -0.15) is 5.10 Å². The summed E-state index contributed by atoms with van der Waals surface area (Å²) < 4.78 is 1.83. The number of nitrogens with one attached hydrogen (secondary N) is 2. The maximum absolute atomic E-state index is 12.5. The molecule has 0 unspecified atom stereocenters. The average Bonchev–Trinajstić information content (AvgIpc) is 3.21. The number of anilines is 1. The fraction of sp³-hybridized carbons (Fsp3) is 0.429. The van der Waals surface area contributed by atoms with Crippen molar-refractivity contribution in [3.05, 3.63) is 47.9 Å². The van der Waals surface area contributed by atoms with Gasteiger partial charge in [0, 0.05) is 48.0 Å². The Morgan fingerprint density at radius 3 is 2.83 bits per heavy atom. The van der Waals surface area contributed by atoms with Crippen LogP contribution in [0.2, 0.25) is 0 Å². The largest absolute Gasteiger partial charge is 0.393 e. The van der Waals surface area contributed by atoms with Crippen LogP contribution in [-0.4, -0.2) is 42.9 Å². The predicted molar refractivity (Wildman–Crippen MR) is 110 cm³/mol. The van der Waals surface area contributed by atoms with Crippen LogP contribution in [0.5, 0.6) is 0 Å². The van der Waals surface area contributed by atoms with Gasteiger partial charge >= 0.3 is 0 Å². The summed E-state index contributed by atoms with van der Waals surface area (Å²) in [6.07, 6.45) is 8.67. The molecule has 0 bridgehead atoms. The van der Waals surface area contributed by atoms with Crippen molar-refractivity contribution in [2.24, 2.45) is 0 Å². The molecule has 152 valence electrons. The van der Waals surface area contributed by atoms with Gasteiger partial charge in [-0.15, -0.1) is 0 Å². The molecule has 1 fully saturated rings. The first kappa shape index (κ1) is 19.3. The Balaban J connectivity index is 1.43. The molecule has 0 atom stereocenters. The number of aliphatic hydroxyl groups excluding tert-OH is 1. The minimum absolute atomic E-state index is 0.148. The first-order valence-electron chi connectivity index (χ1n) is 10.1. The van der Waals surface area contributed by atoms with Crippen molar-refractivity contribution in [2.75, 3.05) is 5.32 Å².